The molecule has 2 nitrogen and oxygen atoms in total. The molecule has 0 amide bonds. The van der Waals surface area contributed by atoms with Crippen LogP contribution in [0.5, 0.6) is 0 Å². The first kappa shape index (κ1) is 11.8. The quantitative estimate of drug-likeness (QED) is 0.871. The van der Waals surface area contributed by atoms with Crippen molar-refractivity contribution in [3.8, 4) is 0 Å². The topological polar surface area (TPSA) is 17.0 Å². The summed E-state index contributed by atoms with van der Waals surface area (Å²) in [6.45, 7) is 3.22. The fraction of sp³-hybridized carbons (Fsp3) is 0.500. The van der Waals surface area contributed by atoms with Gasteiger partial charge >= 0.3 is 0 Å². The fourth-order valence-corrected chi connectivity index (χ4v) is 3.25. The predicted molar refractivity (Wildman–Crippen MR) is 76.8 cm³/mol. The third-order valence-corrected chi connectivity index (χ3v) is 4.24. The van der Waals surface area contributed by atoms with E-state index in [4.69, 9.17) is 0 Å². The lowest BCUT2D eigenvalue weighted by molar-refractivity contribution is 0.525. The molecule has 1 aliphatic rings. The Kier molecular flexibility index (Phi) is 3.13. The predicted octanol–water partition coefficient (Wildman–Crippen LogP) is 3.52. The largest absolute Gasteiger partial charge is 0.350 e. The number of aromatic nitrogens is 1. The number of rotatable bonds is 3. The number of nitrogens with zero attached hydrogens (tertiary/aromatic N) is 1. The molecule has 0 spiro atoms. The second-order valence-electron chi connectivity index (χ2n) is 5.60. The van der Waals surface area contributed by atoms with Crippen LogP contribution in [0.4, 0.5) is 0 Å². The van der Waals surface area contributed by atoms with Gasteiger partial charge in [0.1, 0.15) is 0 Å². The first-order valence-electron chi connectivity index (χ1n) is 7.02. The van der Waals surface area contributed by atoms with Crippen molar-refractivity contribution in [1.29, 1.82) is 0 Å². The van der Waals surface area contributed by atoms with Crippen molar-refractivity contribution < 1.29 is 0 Å². The van der Waals surface area contributed by atoms with Gasteiger partial charge < -0.3 is 9.88 Å². The number of benzene rings is 1. The Morgan fingerprint density at radius 2 is 2.06 bits per heavy atom. The summed E-state index contributed by atoms with van der Waals surface area (Å²) in [5.74, 6) is 0. The van der Waals surface area contributed by atoms with Gasteiger partial charge in [-0.25, -0.2) is 0 Å². The summed E-state index contributed by atoms with van der Waals surface area (Å²) in [4.78, 5) is 0. The Morgan fingerprint density at radius 1 is 1.28 bits per heavy atom. The molecule has 0 saturated heterocycles. The van der Waals surface area contributed by atoms with E-state index >= 15 is 0 Å². The summed E-state index contributed by atoms with van der Waals surface area (Å²) in [6.07, 6.45) is 7.77. The number of hydrogen-bond donors (Lipinski definition) is 1. The summed E-state index contributed by atoms with van der Waals surface area (Å²) in [6, 6.07) is 7.30. The van der Waals surface area contributed by atoms with E-state index in [1.165, 1.54) is 47.7 Å². The SMILES string of the molecule is Cc1cccc2c1c(CNC1CCCC1)cn2C. The van der Waals surface area contributed by atoms with E-state index in [1.807, 2.05) is 0 Å². The second-order valence-corrected chi connectivity index (χ2v) is 5.60. The number of hydrogen-bond acceptors (Lipinski definition) is 1. The molecule has 1 saturated carbocycles. The Bertz CT molecular complexity index is 547. The summed E-state index contributed by atoms with van der Waals surface area (Å²) in [5, 5.41) is 5.15. The molecule has 1 heterocycles. The summed E-state index contributed by atoms with van der Waals surface area (Å²) in [7, 11) is 2.14. The van der Waals surface area contributed by atoms with Crippen molar-refractivity contribution in [1.82, 2.24) is 9.88 Å². The molecule has 18 heavy (non-hydrogen) atoms. The highest BCUT2D eigenvalue weighted by atomic mass is 14.9. The molecule has 96 valence electrons. The third kappa shape index (κ3) is 2.05. The maximum Gasteiger partial charge on any atom is 0.0483 e. The molecule has 0 aliphatic heterocycles. The summed E-state index contributed by atoms with van der Waals surface area (Å²) < 4.78 is 2.24. The van der Waals surface area contributed by atoms with Gasteiger partial charge in [0.05, 0.1) is 0 Å². The molecule has 0 radical (unpaired) electrons. The number of fused-ring (bicyclic) bond motifs is 1. The molecule has 0 unspecified atom stereocenters. The van der Waals surface area contributed by atoms with Crippen molar-refractivity contribution in [2.75, 3.05) is 0 Å². The van der Waals surface area contributed by atoms with Gasteiger partial charge in [0.2, 0.25) is 0 Å². The normalized spacial score (nSPS) is 16.8. The Balaban J connectivity index is 1.87. The van der Waals surface area contributed by atoms with Crippen LogP contribution in [0.15, 0.2) is 24.4 Å². The Morgan fingerprint density at radius 3 is 2.83 bits per heavy atom. The number of aryl methyl sites for hydroxylation is 2. The van der Waals surface area contributed by atoms with Crippen LogP contribution in [0.25, 0.3) is 10.9 Å². The average Bonchev–Trinajstić information content (AvgIpc) is 2.96. The maximum absolute atomic E-state index is 3.72. The minimum absolute atomic E-state index is 0.740. The van der Waals surface area contributed by atoms with Crippen molar-refractivity contribution >= 4 is 10.9 Å². The lowest BCUT2D eigenvalue weighted by Gasteiger charge is -2.11. The lowest BCUT2D eigenvalue weighted by Crippen LogP contribution is -2.25. The van der Waals surface area contributed by atoms with Crippen LogP contribution in [0.1, 0.15) is 36.8 Å². The second kappa shape index (κ2) is 4.77. The van der Waals surface area contributed by atoms with Gasteiger partial charge in [-0.2, -0.15) is 0 Å². The van der Waals surface area contributed by atoms with E-state index in [0.29, 0.717) is 0 Å². The first-order chi connectivity index (χ1) is 8.75. The maximum atomic E-state index is 3.72. The highest BCUT2D eigenvalue weighted by Crippen LogP contribution is 2.25. The molecule has 2 heteroatoms. The Hall–Kier alpha value is -1.28. The van der Waals surface area contributed by atoms with Gasteiger partial charge in [0, 0.05) is 36.7 Å². The summed E-state index contributed by atoms with van der Waals surface area (Å²) in [5.41, 5.74) is 4.17. The van der Waals surface area contributed by atoms with Gasteiger partial charge in [0.15, 0.2) is 0 Å². The molecule has 1 fully saturated rings. The molecular formula is C16H22N2. The molecule has 0 atom stereocenters. The molecule has 1 aromatic heterocycles. The molecule has 3 rings (SSSR count). The van der Waals surface area contributed by atoms with Crippen LogP contribution in [0.2, 0.25) is 0 Å². The van der Waals surface area contributed by atoms with Gasteiger partial charge in [0.25, 0.3) is 0 Å². The molecule has 2 aromatic rings. The van der Waals surface area contributed by atoms with E-state index in [0.717, 1.165) is 12.6 Å². The van der Waals surface area contributed by atoms with Crippen LogP contribution in [0.3, 0.4) is 0 Å². The average molecular weight is 242 g/mol. The minimum atomic E-state index is 0.740. The van der Waals surface area contributed by atoms with E-state index in [1.54, 1.807) is 0 Å². The highest BCUT2D eigenvalue weighted by Gasteiger charge is 2.15. The van der Waals surface area contributed by atoms with Crippen molar-refractivity contribution in [2.45, 2.75) is 45.2 Å². The third-order valence-electron chi connectivity index (χ3n) is 4.24. The zero-order valence-electron chi connectivity index (χ0n) is 11.4. The van der Waals surface area contributed by atoms with E-state index in [-0.39, 0.29) is 0 Å². The summed E-state index contributed by atoms with van der Waals surface area (Å²) >= 11 is 0. The minimum Gasteiger partial charge on any atom is -0.350 e. The van der Waals surface area contributed by atoms with E-state index in [9.17, 15) is 0 Å². The zero-order chi connectivity index (χ0) is 12.5. The standard InChI is InChI=1S/C16H22N2/c1-12-6-5-9-15-16(12)13(11-18(15)2)10-17-14-7-3-4-8-14/h5-6,9,11,14,17H,3-4,7-8,10H2,1-2H3. The van der Waals surface area contributed by atoms with Gasteiger partial charge in [-0.1, -0.05) is 25.0 Å². The molecular weight excluding hydrogens is 220 g/mol. The lowest BCUT2D eigenvalue weighted by atomic mass is 10.1. The molecule has 1 N–H and O–H groups in total. The number of nitrogens with one attached hydrogen (secondary N) is 1. The van der Waals surface area contributed by atoms with Gasteiger partial charge in [-0.3, -0.25) is 0 Å². The highest BCUT2D eigenvalue weighted by molar-refractivity contribution is 5.87. The molecule has 1 aliphatic carbocycles. The molecule has 0 bridgehead atoms. The fourth-order valence-electron chi connectivity index (χ4n) is 3.25. The van der Waals surface area contributed by atoms with Crippen LogP contribution in [-0.2, 0) is 13.6 Å². The van der Waals surface area contributed by atoms with E-state index in [2.05, 4.69) is 48.3 Å². The van der Waals surface area contributed by atoms with Gasteiger partial charge in [-0.05, 0) is 37.0 Å². The van der Waals surface area contributed by atoms with E-state index < -0.39 is 0 Å². The smallest absolute Gasteiger partial charge is 0.0483 e. The molecule has 1 aromatic carbocycles. The Labute approximate surface area is 109 Å². The van der Waals surface area contributed by atoms with Crippen LogP contribution in [0, 0.1) is 6.92 Å². The van der Waals surface area contributed by atoms with Gasteiger partial charge in [-0.15, -0.1) is 0 Å². The zero-order valence-corrected chi connectivity index (χ0v) is 11.4. The monoisotopic (exact) mass is 242 g/mol. The van der Waals surface area contributed by atoms with Crippen LogP contribution >= 0.6 is 0 Å². The van der Waals surface area contributed by atoms with Crippen molar-refractivity contribution in [3.05, 3.63) is 35.5 Å². The van der Waals surface area contributed by atoms with Crippen LogP contribution in [-0.4, -0.2) is 10.6 Å². The first-order valence-corrected chi connectivity index (χ1v) is 7.02. The van der Waals surface area contributed by atoms with Crippen LogP contribution < -0.4 is 5.32 Å². The van der Waals surface area contributed by atoms with Crippen molar-refractivity contribution in [2.24, 2.45) is 7.05 Å². The van der Waals surface area contributed by atoms with Crippen molar-refractivity contribution in [3.63, 3.8) is 0 Å².